The fourth-order valence-electron chi connectivity index (χ4n) is 4.16. The SMILES string of the molecule is CCC[C@H]1CC[C@](C#N)(C2CCCCC2)CC1. The van der Waals surface area contributed by atoms with Crippen LogP contribution < -0.4 is 0 Å². The van der Waals surface area contributed by atoms with E-state index in [2.05, 4.69) is 13.0 Å². The average molecular weight is 233 g/mol. The van der Waals surface area contributed by atoms with Gasteiger partial charge in [0.2, 0.25) is 0 Å². The van der Waals surface area contributed by atoms with Crippen molar-refractivity contribution in [1.29, 1.82) is 5.26 Å². The molecule has 2 fully saturated rings. The van der Waals surface area contributed by atoms with Crippen LogP contribution >= 0.6 is 0 Å². The zero-order valence-corrected chi connectivity index (χ0v) is 11.4. The maximum Gasteiger partial charge on any atom is 0.0692 e. The highest BCUT2D eigenvalue weighted by Crippen LogP contribution is 2.49. The van der Waals surface area contributed by atoms with Crippen LogP contribution in [-0.2, 0) is 0 Å². The topological polar surface area (TPSA) is 23.8 Å². The highest BCUT2D eigenvalue weighted by molar-refractivity contribution is 5.05. The monoisotopic (exact) mass is 233 g/mol. The Morgan fingerprint density at radius 1 is 1.06 bits per heavy atom. The number of rotatable bonds is 3. The molecule has 0 aromatic heterocycles. The second-order valence-electron chi connectivity index (χ2n) is 6.33. The first-order valence-electron chi connectivity index (χ1n) is 7.72. The van der Waals surface area contributed by atoms with E-state index in [1.165, 1.54) is 70.6 Å². The van der Waals surface area contributed by atoms with Crippen molar-refractivity contribution in [2.24, 2.45) is 17.3 Å². The molecule has 0 N–H and O–H groups in total. The first-order chi connectivity index (χ1) is 8.30. The molecule has 0 aromatic rings. The van der Waals surface area contributed by atoms with E-state index < -0.39 is 0 Å². The van der Waals surface area contributed by atoms with Crippen molar-refractivity contribution in [2.75, 3.05) is 0 Å². The molecule has 2 saturated carbocycles. The highest BCUT2D eigenvalue weighted by Gasteiger charge is 2.42. The van der Waals surface area contributed by atoms with Crippen molar-refractivity contribution in [1.82, 2.24) is 0 Å². The highest BCUT2D eigenvalue weighted by atomic mass is 14.5. The maximum absolute atomic E-state index is 9.66. The Bertz CT molecular complexity index is 262. The van der Waals surface area contributed by atoms with Crippen LogP contribution in [0.2, 0.25) is 0 Å². The number of nitriles is 1. The third kappa shape index (κ3) is 2.84. The molecule has 1 heteroatoms. The quantitative estimate of drug-likeness (QED) is 0.668. The molecule has 0 atom stereocenters. The van der Waals surface area contributed by atoms with Crippen LogP contribution in [0.25, 0.3) is 0 Å². The van der Waals surface area contributed by atoms with Crippen molar-refractivity contribution in [3.63, 3.8) is 0 Å². The van der Waals surface area contributed by atoms with Crippen molar-refractivity contribution >= 4 is 0 Å². The van der Waals surface area contributed by atoms with Gasteiger partial charge >= 0.3 is 0 Å². The van der Waals surface area contributed by atoms with Crippen LogP contribution in [0.3, 0.4) is 0 Å². The second-order valence-corrected chi connectivity index (χ2v) is 6.33. The van der Waals surface area contributed by atoms with Crippen molar-refractivity contribution < 1.29 is 0 Å². The summed E-state index contributed by atoms with van der Waals surface area (Å²) in [6, 6.07) is 2.75. The van der Waals surface area contributed by atoms with E-state index in [0.717, 1.165) is 11.8 Å². The van der Waals surface area contributed by atoms with Gasteiger partial charge in [0.25, 0.3) is 0 Å². The van der Waals surface area contributed by atoms with Gasteiger partial charge in [0.1, 0.15) is 0 Å². The summed E-state index contributed by atoms with van der Waals surface area (Å²) in [5.41, 5.74) is 0.0741. The summed E-state index contributed by atoms with van der Waals surface area (Å²) >= 11 is 0. The molecular weight excluding hydrogens is 206 g/mol. The largest absolute Gasteiger partial charge is 0.198 e. The van der Waals surface area contributed by atoms with Gasteiger partial charge in [0, 0.05) is 0 Å². The number of hydrogen-bond donors (Lipinski definition) is 0. The Labute approximate surface area is 107 Å². The fraction of sp³-hybridized carbons (Fsp3) is 0.938. The summed E-state index contributed by atoms with van der Waals surface area (Å²) in [4.78, 5) is 0. The van der Waals surface area contributed by atoms with Gasteiger partial charge in [-0.15, -0.1) is 0 Å². The van der Waals surface area contributed by atoms with E-state index >= 15 is 0 Å². The minimum atomic E-state index is 0.0741. The van der Waals surface area contributed by atoms with Gasteiger partial charge < -0.3 is 0 Å². The maximum atomic E-state index is 9.66. The zero-order valence-electron chi connectivity index (χ0n) is 11.4. The molecule has 0 amide bonds. The average Bonchev–Trinajstić information content (AvgIpc) is 2.41. The molecule has 0 unspecified atom stereocenters. The molecular formula is C16H27N. The van der Waals surface area contributed by atoms with Gasteiger partial charge in [-0.25, -0.2) is 0 Å². The fourth-order valence-corrected chi connectivity index (χ4v) is 4.16. The van der Waals surface area contributed by atoms with Gasteiger partial charge in [-0.3, -0.25) is 0 Å². The van der Waals surface area contributed by atoms with Crippen LogP contribution in [0, 0.1) is 28.6 Å². The predicted molar refractivity (Wildman–Crippen MR) is 71.5 cm³/mol. The van der Waals surface area contributed by atoms with Gasteiger partial charge in [-0.2, -0.15) is 5.26 Å². The summed E-state index contributed by atoms with van der Waals surface area (Å²) in [6.45, 7) is 2.29. The van der Waals surface area contributed by atoms with Crippen LogP contribution in [-0.4, -0.2) is 0 Å². The zero-order chi connectivity index (χ0) is 12.1. The lowest BCUT2D eigenvalue weighted by Gasteiger charge is -2.42. The molecule has 0 spiro atoms. The third-order valence-electron chi connectivity index (χ3n) is 5.30. The number of hydrogen-bond acceptors (Lipinski definition) is 1. The minimum absolute atomic E-state index is 0.0741. The molecule has 2 aliphatic carbocycles. The Balaban J connectivity index is 1.95. The molecule has 17 heavy (non-hydrogen) atoms. The summed E-state index contributed by atoms with van der Waals surface area (Å²) in [7, 11) is 0. The smallest absolute Gasteiger partial charge is 0.0692 e. The van der Waals surface area contributed by atoms with E-state index in [1.54, 1.807) is 0 Å². The normalized spacial score (nSPS) is 35.4. The molecule has 2 aliphatic rings. The Hall–Kier alpha value is -0.510. The summed E-state index contributed by atoms with van der Waals surface area (Å²) < 4.78 is 0. The molecule has 0 bridgehead atoms. The summed E-state index contributed by atoms with van der Waals surface area (Å²) in [5, 5.41) is 9.66. The Morgan fingerprint density at radius 3 is 2.24 bits per heavy atom. The molecule has 0 heterocycles. The molecule has 0 radical (unpaired) electrons. The van der Waals surface area contributed by atoms with Gasteiger partial charge in [0.15, 0.2) is 0 Å². The minimum Gasteiger partial charge on any atom is -0.198 e. The lowest BCUT2D eigenvalue weighted by atomic mass is 9.60. The van der Waals surface area contributed by atoms with Crippen LogP contribution in [0.4, 0.5) is 0 Å². The Kier molecular flexibility index (Phi) is 4.48. The molecule has 1 nitrogen and oxygen atoms in total. The van der Waals surface area contributed by atoms with Gasteiger partial charge in [0.05, 0.1) is 11.5 Å². The molecule has 0 aliphatic heterocycles. The van der Waals surface area contributed by atoms with E-state index in [1.807, 2.05) is 0 Å². The lowest BCUT2D eigenvalue weighted by Crippen LogP contribution is -2.35. The van der Waals surface area contributed by atoms with Crippen molar-refractivity contribution in [2.45, 2.75) is 77.6 Å². The van der Waals surface area contributed by atoms with Crippen LogP contribution in [0.15, 0.2) is 0 Å². The van der Waals surface area contributed by atoms with E-state index in [-0.39, 0.29) is 5.41 Å². The summed E-state index contributed by atoms with van der Waals surface area (Å²) in [5.74, 6) is 1.65. The lowest BCUT2D eigenvalue weighted by molar-refractivity contribution is 0.100. The molecule has 96 valence electrons. The van der Waals surface area contributed by atoms with E-state index in [9.17, 15) is 5.26 Å². The first kappa shape index (κ1) is 12.9. The molecule has 0 saturated heterocycles. The van der Waals surface area contributed by atoms with Gasteiger partial charge in [-0.1, -0.05) is 39.0 Å². The van der Waals surface area contributed by atoms with Crippen LogP contribution in [0.1, 0.15) is 77.6 Å². The standard InChI is InChI=1S/C16H27N/c1-2-6-14-9-11-16(13-17,12-10-14)15-7-4-3-5-8-15/h14-15H,2-12H2,1H3/t14-,16-. The second kappa shape index (κ2) is 5.89. The van der Waals surface area contributed by atoms with Crippen molar-refractivity contribution in [3.05, 3.63) is 0 Å². The Morgan fingerprint density at radius 2 is 1.71 bits per heavy atom. The van der Waals surface area contributed by atoms with Crippen molar-refractivity contribution in [3.8, 4) is 6.07 Å². The number of nitrogens with zero attached hydrogens (tertiary/aromatic N) is 1. The van der Waals surface area contributed by atoms with E-state index in [4.69, 9.17) is 0 Å². The van der Waals surface area contributed by atoms with Crippen LogP contribution in [0.5, 0.6) is 0 Å². The predicted octanol–water partition coefficient (Wildman–Crippen LogP) is 5.07. The molecule has 0 aromatic carbocycles. The van der Waals surface area contributed by atoms with Gasteiger partial charge in [-0.05, 0) is 50.4 Å². The first-order valence-corrected chi connectivity index (χ1v) is 7.72. The van der Waals surface area contributed by atoms with E-state index in [0.29, 0.717) is 0 Å². The molecule has 2 rings (SSSR count). The summed E-state index contributed by atoms with van der Waals surface area (Å²) in [6.07, 6.45) is 14.5. The third-order valence-corrected chi connectivity index (χ3v) is 5.30.